The second kappa shape index (κ2) is 5.85. The number of carbonyl (C=O) groups excluding carboxylic acids is 1. The van der Waals surface area contributed by atoms with Gasteiger partial charge in [0, 0.05) is 11.1 Å². The molecule has 2 rings (SSSR count). The van der Waals surface area contributed by atoms with Crippen LogP contribution in [-0.4, -0.2) is 11.9 Å². The standard InChI is InChI=1S/C16H20N2O/c1-3-11(2)15(17)16(19)18-14-10-6-8-12-7-4-5-9-13(12)14/h4-11,15H,3,17H2,1-2H3,(H,18,19)/t11?,15-/m0/s1. The minimum atomic E-state index is -0.469. The summed E-state index contributed by atoms with van der Waals surface area (Å²) < 4.78 is 0. The predicted molar refractivity (Wildman–Crippen MR) is 80.0 cm³/mol. The van der Waals surface area contributed by atoms with Gasteiger partial charge in [-0.1, -0.05) is 56.7 Å². The third-order valence-electron chi connectivity index (χ3n) is 3.61. The summed E-state index contributed by atoms with van der Waals surface area (Å²) in [5, 5.41) is 5.08. The quantitative estimate of drug-likeness (QED) is 0.883. The predicted octanol–water partition coefficient (Wildman–Crippen LogP) is 3.15. The van der Waals surface area contributed by atoms with E-state index in [0.717, 1.165) is 22.9 Å². The van der Waals surface area contributed by atoms with E-state index in [-0.39, 0.29) is 11.8 Å². The Morgan fingerprint density at radius 1 is 1.21 bits per heavy atom. The summed E-state index contributed by atoms with van der Waals surface area (Å²) in [7, 11) is 0. The maximum absolute atomic E-state index is 12.1. The number of hydrogen-bond donors (Lipinski definition) is 2. The van der Waals surface area contributed by atoms with E-state index < -0.39 is 6.04 Å². The summed E-state index contributed by atoms with van der Waals surface area (Å²) in [6.45, 7) is 4.03. The van der Waals surface area contributed by atoms with Crippen molar-refractivity contribution in [3.05, 3.63) is 42.5 Å². The highest BCUT2D eigenvalue weighted by atomic mass is 16.2. The first kappa shape index (κ1) is 13.6. The first-order valence-electron chi connectivity index (χ1n) is 6.67. The number of fused-ring (bicyclic) bond motifs is 1. The number of rotatable bonds is 4. The van der Waals surface area contributed by atoms with Gasteiger partial charge in [-0.15, -0.1) is 0 Å². The largest absolute Gasteiger partial charge is 0.324 e. The maximum Gasteiger partial charge on any atom is 0.241 e. The molecule has 2 atom stereocenters. The lowest BCUT2D eigenvalue weighted by atomic mass is 9.99. The van der Waals surface area contributed by atoms with Crippen LogP contribution in [0.1, 0.15) is 20.3 Å². The molecule has 0 aromatic heterocycles. The van der Waals surface area contributed by atoms with E-state index in [4.69, 9.17) is 5.73 Å². The SMILES string of the molecule is CCC(C)[C@H](N)C(=O)Nc1cccc2ccccc12. The second-order valence-electron chi connectivity index (χ2n) is 4.93. The molecule has 19 heavy (non-hydrogen) atoms. The molecule has 3 heteroatoms. The van der Waals surface area contributed by atoms with Crippen LogP contribution >= 0.6 is 0 Å². The van der Waals surface area contributed by atoms with Gasteiger partial charge in [0.05, 0.1) is 6.04 Å². The Morgan fingerprint density at radius 2 is 1.89 bits per heavy atom. The van der Waals surface area contributed by atoms with E-state index in [1.165, 1.54) is 0 Å². The van der Waals surface area contributed by atoms with Crippen LogP contribution in [0.5, 0.6) is 0 Å². The van der Waals surface area contributed by atoms with Crippen molar-refractivity contribution in [2.75, 3.05) is 5.32 Å². The number of carbonyl (C=O) groups is 1. The van der Waals surface area contributed by atoms with Gasteiger partial charge in [-0.05, 0) is 17.4 Å². The number of nitrogens with one attached hydrogen (secondary N) is 1. The van der Waals surface area contributed by atoms with Gasteiger partial charge >= 0.3 is 0 Å². The zero-order valence-electron chi connectivity index (χ0n) is 11.4. The van der Waals surface area contributed by atoms with Crippen molar-refractivity contribution in [3.8, 4) is 0 Å². The average molecular weight is 256 g/mol. The first-order chi connectivity index (χ1) is 9.13. The summed E-state index contributed by atoms with van der Waals surface area (Å²) >= 11 is 0. The van der Waals surface area contributed by atoms with Gasteiger partial charge in [0.1, 0.15) is 0 Å². The van der Waals surface area contributed by atoms with Crippen LogP contribution < -0.4 is 11.1 Å². The molecule has 0 saturated heterocycles. The molecule has 0 spiro atoms. The molecular formula is C16H20N2O. The van der Waals surface area contributed by atoms with Crippen LogP contribution in [0, 0.1) is 5.92 Å². The normalized spacial score (nSPS) is 14.1. The Hall–Kier alpha value is -1.87. The van der Waals surface area contributed by atoms with Crippen molar-refractivity contribution in [2.24, 2.45) is 11.7 Å². The van der Waals surface area contributed by atoms with Crippen LogP contribution in [0.25, 0.3) is 10.8 Å². The zero-order chi connectivity index (χ0) is 13.8. The molecule has 100 valence electrons. The van der Waals surface area contributed by atoms with Crippen molar-refractivity contribution >= 4 is 22.4 Å². The van der Waals surface area contributed by atoms with E-state index in [0.29, 0.717) is 0 Å². The van der Waals surface area contributed by atoms with Crippen LogP contribution in [0.3, 0.4) is 0 Å². The Morgan fingerprint density at radius 3 is 2.63 bits per heavy atom. The first-order valence-corrected chi connectivity index (χ1v) is 6.67. The number of benzene rings is 2. The van der Waals surface area contributed by atoms with Crippen molar-refractivity contribution in [1.82, 2.24) is 0 Å². The van der Waals surface area contributed by atoms with E-state index >= 15 is 0 Å². The van der Waals surface area contributed by atoms with Gasteiger partial charge in [0.25, 0.3) is 0 Å². The van der Waals surface area contributed by atoms with Crippen LogP contribution in [-0.2, 0) is 4.79 Å². The lowest BCUT2D eigenvalue weighted by Crippen LogP contribution is -2.40. The molecule has 3 N–H and O–H groups in total. The number of hydrogen-bond acceptors (Lipinski definition) is 2. The fourth-order valence-corrected chi connectivity index (χ4v) is 2.06. The lowest BCUT2D eigenvalue weighted by Gasteiger charge is -2.18. The molecule has 1 amide bonds. The third kappa shape index (κ3) is 2.93. The van der Waals surface area contributed by atoms with Crippen molar-refractivity contribution in [1.29, 1.82) is 0 Å². The molecule has 0 saturated carbocycles. The molecule has 0 radical (unpaired) electrons. The Labute approximate surface area is 113 Å². The fourth-order valence-electron chi connectivity index (χ4n) is 2.06. The van der Waals surface area contributed by atoms with E-state index in [1.807, 2.05) is 56.3 Å². The van der Waals surface area contributed by atoms with Crippen molar-refractivity contribution in [3.63, 3.8) is 0 Å². The average Bonchev–Trinajstić information content (AvgIpc) is 2.46. The molecule has 0 fully saturated rings. The Kier molecular flexibility index (Phi) is 4.17. The van der Waals surface area contributed by atoms with E-state index in [1.54, 1.807) is 0 Å². The summed E-state index contributed by atoms with van der Waals surface area (Å²) in [4.78, 5) is 12.1. The Bertz CT molecular complexity index is 574. The van der Waals surface area contributed by atoms with Gasteiger partial charge in [-0.2, -0.15) is 0 Å². The molecule has 0 aliphatic carbocycles. The molecule has 3 nitrogen and oxygen atoms in total. The van der Waals surface area contributed by atoms with Crippen LogP contribution in [0.15, 0.2) is 42.5 Å². The molecular weight excluding hydrogens is 236 g/mol. The Balaban J connectivity index is 2.24. The topological polar surface area (TPSA) is 55.1 Å². The lowest BCUT2D eigenvalue weighted by molar-refractivity contribution is -0.118. The summed E-state index contributed by atoms with van der Waals surface area (Å²) in [5.41, 5.74) is 6.77. The number of amides is 1. The molecule has 0 bridgehead atoms. The molecule has 0 aliphatic heterocycles. The third-order valence-corrected chi connectivity index (χ3v) is 3.61. The monoisotopic (exact) mass is 256 g/mol. The van der Waals surface area contributed by atoms with Gasteiger partial charge in [0.2, 0.25) is 5.91 Å². The minimum Gasteiger partial charge on any atom is -0.324 e. The van der Waals surface area contributed by atoms with Crippen molar-refractivity contribution in [2.45, 2.75) is 26.3 Å². The van der Waals surface area contributed by atoms with Gasteiger partial charge in [0.15, 0.2) is 0 Å². The highest BCUT2D eigenvalue weighted by Crippen LogP contribution is 2.23. The van der Waals surface area contributed by atoms with E-state index in [2.05, 4.69) is 5.32 Å². The van der Waals surface area contributed by atoms with E-state index in [9.17, 15) is 4.79 Å². The molecule has 1 unspecified atom stereocenters. The minimum absolute atomic E-state index is 0.120. The number of nitrogens with two attached hydrogens (primary N) is 1. The highest BCUT2D eigenvalue weighted by Gasteiger charge is 2.19. The van der Waals surface area contributed by atoms with Gasteiger partial charge < -0.3 is 11.1 Å². The van der Waals surface area contributed by atoms with Crippen molar-refractivity contribution < 1.29 is 4.79 Å². The summed E-state index contributed by atoms with van der Waals surface area (Å²) in [5.74, 6) is 0.0562. The summed E-state index contributed by atoms with van der Waals surface area (Å²) in [6, 6.07) is 13.4. The maximum atomic E-state index is 12.1. The zero-order valence-corrected chi connectivity index (χ0v) is 11.4. The van der Waals surface area contributed by atoms with Gasteiger partial charge in [-0.25, -0.2) is 0 Å². The summed E-state index contributed by atoms with van der Waals surface area (Å²) in [6.07, 6.45) is 0.893. The number of anilines is 1. The highest BCUT2D eigenvalue weighted by molar-refractivity contribution is 6.03. The fraction of sp³-hybridized carbons (Fsp3) is 0.312. The molecule has 2 aromatic rings. The van der Waals surface area contributed by atoms with Gasteiger partial charge in [-0.3, -0.25) is 4.79 Å². The molecule has 0 aliphatic rings. The second-order valence-corrected chi connectivity index (χ2v) is 4.93. The smallest absolute Gasteiger partial charge is 0.241 e. The van der Waals surface area contributed by atoms with Crippen LogP contribution in [0.4, 0.5) is 5.69 Å². The molecule has 2 aromatic carbocycles. The van der Waals surface area contributed by atoms with Crippen LogP contribution in [0.2, 0.25) is 0 Å². The molecule has 0 heterocycles.